The van der Waals surface area contributed by atoms with Crippen molar-refractivity contribution >= 4 is 33.3 Å². The topological polar surface area (TPSA) is 16.1 Å². The molecular weight excluding hydrogens is 319 g/mol. The molecule has 0 aliphatic carbocycles. The van der Waals surface area contributed by atoms with Crippen LogP contribution in [0.4, 0.5) is 10.2 Å². The Labute approximate surface area is 119 Å². The van der Waals surface area contributed by atoms with Crippen molar-refractivity contribution in [2.75, 3.05) is 11.9 Å². The van der Waals surface area contributed by atoms with Crippen LogP contribution >= 0.6 is 27.5 Å². The summed E-state index contributed by atoms with van der Waals surface area (Å²) in [6.07, 6.45) is 1.70. The first-order valence-corrected chi connectivity index (χ1v) is 6.50. The van der Waals surface area contributed by atoms with Crippen molar-refractivity contribution < 1.29 is 4.39 Å². The SMILES string of the molecule is CN(Cc1ccc(F)cc1)c1ncc(Br)cc1Cl. The minimum absolute atomic E-state index is 0.235. The maximum absolute atomic E-state index is 12.8. The minimum Gasteiger partial charge on any atom is -0.354 e. The molecular formula is C13H11BrClFN2. The van der Waals surface area contributed by atoms with E-state index in [-0.39, 0.29) is 5.82 Å². The van der Waals surface area contributed by atoms with Crippen molar-refractivity contribution in [3.63, 3.8) is 0 Å². The quantitative estimate of drug-likeness (QED) is 0.836. The molecule has 5 heteroatoms. The van der Waals surface area contributed by atoms with Crippen molar-refractivity contribution in [1.82, 2.24) is 4.98 Å². The van der Waals surface area contributed by atoms with Gasteiger partial charge in [-0.25, -0.2) is 9.37 Å². The number of rotatable bonds is 3. The molecule has 0 fully saturated rings. The fourth-order valence-corrected chi connectivity index (χ4v) is 2.40. The fourth-order valence-electron chi connectivity index (χ4n) is 1.63. The summed E-state index contributed by atoms with van der Waals surface area (Å²) < 4.78 is 13.6. The molecule has 1 aromatic carbocycles. The van der Waals surface area contributed by atoms with E-state index in [0.29, 0.717) is 17.4 Å². The number of nitrogens with zero attached hydrogens (tertiary/aromatic N) is 2. The second kappa shape index (κ2) is 5.67. The summed E-state index contributed by atoms with van der Waals surface area (Å²) in [5.41, 5.74) is 1.000. The van der Waals surface area contributed by atoms with Crippen molar-refractivity contribution in [2.24, 2.45) is 0 Å². The molecule has 1 aromatic heterocycles. The summed E-state index contributed by atoms with van der Waals surface area (Å²) in [5.74, 6) is 0.463. The molecule has 1 heterocycles. The van der Waals surface area contributed by atoms with E-state index in [1.54, 1.807) is 24.4 Å². The number of anilines is 1. The van der Waals surface area contributed by atoms with Crippen LogP contribution in [-0.4, -0.2) is 12.0 Å². The van der Waals surface area contributed by atoms with Gasteiger partial charge in [-0.3, -0.25) is 0 Å². The molecule has 0 spiro atoms. The molecule has 0 aliphatic rings. The summed E-state index contributed by atoms with van der Waals surface area (Å²) in [6, 6.07) is 8.18. The molecule has 2 nitrogen and oxygen atoms in total. The van der Waals surface area contributed by atoms with Crippen LogP contribution in [0.3, 0.4) is 0 Å². The molecule has 18 heavy (non-hydrogen) atoms. The molecule has 0 N–H and O–H groups in total. The summed E-state index contributed by atoms with van der Waals surface area (Å²) in [5, 5.41) is 0.578. The third-order valence-electron chi connectivity index (χ3n) is 2.48. The fraction of sp³-hybridized carbons (Fsp3) is 0.154. The summed E-state index contributed by atoms with van der Waals surface area (Å²) in [6.45, 7) is 0.620. The van der Waals surface area contributed by atoms with Gasteiger partial charge in [0.1, 0.15) is 11.6 Å². The van der Waals surface area contributed by atoms with Gasteiger partial charge in [0.05, 0.1) is 5.02 Å². The number of halogens is 3. The molecule has 0 radical (unpaired) electrons. The average molecular weight is 330 g/mol. The van der Waals surface area contributed by atoms with Gasteiger partial charge >= 0.3 is 0 Å². The van der Waals surface area contributed by atoms with Gasteiger partial charge in [-0.15, -0.1) is 0 Å². The molecule has 94 valence electrons. The second-order valence-corrected chi connectivity index (χ2v) is 5.26. The van der Waals surface area contributed by atoms with Crippen LogP contribution in [0.15, 0.2) is 41.0 Å². The highest BCUT2D eigenvalue weighted by atomic mass is 79.9. The van der Waals surface area contributed by atoms with E-state index < -0.39 is 0 Å². The van der Waals surface area contributed by atoms with Crippen LogP contribution in [0.25, 0.3) is 0 Å². The third kappa shape index (κ3) is 3.21. The van der Waals surface area contributed by atoms with Gasteiger partial charge in [0, 0.05) is 24.3 Å². The predicted molar refractivity (Wildman–Crippen MR) is 75.5 cm³/mol. The van der Waals surface area contributed by atoms with Crippen molar-refractivity contribution in [2.45, 2.75) is 6.54 Å². The predicted octanol–water partition coefficient (Wildman–Crippen LogP) is 4.27. The minimum atomic E-state index is -0.235. The first-order valence-electron chi connectivity index (χ1n) is 5.33. The lowest BCUT2D eigenvalue weighted by molar-refractivity contribution is 0.627. The zero-order valence-electron chi connectivity index (χ0n) is 9.70. The maximum atomic E-state index is 12.8. The molecule has 0 aliphatic heterocycles. The van der Waals surface area contributed by atoms with E-state index >= 15 is 0 Å². The highest BCUT2D eigenvalue weighted by molar-refractivity contribution is 9.10. The van der Waals surface area contributed by atoms with Crippen LogP contribution in [0.5, 0.6) is 0 Å². The first kappa shape index (κ1) is 13.3. The smallest absolute Gasteiger partial charge is 0.147 e. The number of aromatic nitrogens is 1. The largest absolute Gasteiger partial charge is 0.354 e. The summed E-state index contributed by atoms with van der Waals surface area (Å²) in [7, 11) is 1.89. The Hall–Kier alpha value is -1.13. The van der Waals surface area contributed by atoms with Gasteiger partial charge in [0.2, 0.25) is 0 Å². The van der Waals surface area contributed by atoms with Crippen LogP contribution in [0.2, 0.25) is 5.02 Å². The van der Waals surface area contributed by atoms with E-state index in [9.17, 15) is 4.39 Å². The Bertz CT molecular complexity index is 545. The molecule has 0 saturated carbocycles. The molecule has 0 bridgehead atoms. The monoisotopic (exact) mass is 328 g/mol. The summed E-state index contributed by atoms with van der Waals surface area (Å²) in [4.78, 5) is 6.18. The number of pyridine rings is 1. The Kier molecular flexibility index (Phi) is 4.19. The zero-order valence-corrected chi connectivity index (χ0v) is 12.0. The van der Waals surface area contributed by atoms with Crippen LogP contribution in [0, 0.1) is 5.82 Å². The lowest BCUT2D eigenvalue weighted by Crippen LogP contribution is -2.18. The molecule has 0 atom stereocenters. The maximum Gasteiger partial charge on any atom is 0.147 e. The van der Waals surface area contributed by atoms with Gasteiger partial charge in [-0.1, -0.05) is 23.7 Å². The highest BCUT2D eigenvalue weighted by Crippen LogP contribution is 2.26. The Balaban J connectivity index is 2.16. The second-order valence-electron chi connectivity index (χ2n) is 3.94. The lowest BCUT2D eigenvalue weighted by atomic mass is 10.2. The number of hydrogen-bond donors (Lipinski definition) is 0. The summed E-state index contributed by atoms with van der Waals surface area (Å²) >= 11 is 9.43. The van der Waals surface area contributed by atoms with Crippen LogP contribution in [-0.2, 0) is 6.54 Å². The van der Waals surface area contributed by atoms with E-state index in [1.807, 2.05) is 11.9 Å². The molecule has 0 amide bonds. The van der Waals surface area contributed by atoms with E-state index in [2.05, 4.69) is 20.9 Å². The Morgan fingerprint density at radius 1 is 1.33 bits per heavy atom. The van der Waals surface area contributed by atoms with Gasteiger partial charge in [0.25, 0.3) is 0 Å². The van der Waals surface area contributed by atoms with Gasteiger partial charge in [0.15, 0.2) is 0 Å². The first-order chi connectivity index (χ1) is 8.56. The van der Waals surface area contributed by atoms with Crippen molar-refractivity contribution in [1.29, 1.82) is 0 Å². The molecule has 2 rings (SSSR count). The van der Waals surface area contributed by atoms with Crippen molar-refractivity contribution in [3.8, 4) is 0 Å². The van der Waals surface area contributed by atoms with Crippen LogP contribution in [0.1, 0.15) is 5.56 Å². The van der Waals surface area contributed by atoms with Gasteiger partial charge in [-0.2, -0.15) is 0 Å². The van der Waals surface area contributed by atoms with Gasteiger partial charge < -0.3 is 4.90 Å². The van der Waals surface area contributed by atoms with E-state index in [0.717, 1.165) is 10.0 Å². The Morgan fingerprint density at radius 3 is 2.61 bits per heavy atom. The average Bonchev–Trinajstić information content (AvgIpc) is 2.32. The van der Waals surface area contributed by atoms with Gasteiger partial charge in [-0.05, 0) is 39.7 Å². The molecule has 0 unspecified atom stereocenters. The highest BCUT2D eigenvalue weighted by Gasteiger charge is 2.08. The van der Waals surface area contributed by atoms with E-state index in [4.69, 9.17) is 11.6 Å². The normalized spacial score (nSPS) is 10.4. The molecule has 2 aromatic rings. The number of benzene rings is 1. The molecule has 0 saturated heterocycles. The standard InChI is InChI=1S/C13H11BrClFN2/c1-18(8-9-2-4-11(16)5-3-9)13-12(15)6-10(14)7-17-13/h2-7H,8H2,1H3. The Morgan fingerprint density at radius 2 is 2.00 bits per heavy atom. The lowest BCUT2D eigenvalue weighted by Gasteiger charge is -2.19. The number of hydrogen-bond acceptors (Lipinski definition) is 2. The zero-order chi connectivity index (χ0) is 13.1. The third-order valence-corrected chi connectivity index (χ3v) is 3.19. The van der Waals surface area contributed by atoms with E-state index in [1.165, 1.54) is 12.1 Å². The van der Waals surface area contributed by atoms with Crippen LogP contribution < -0.4 is 4.90 Å². The van der Waals surface area contributed by atoms with Crippen molar-refractivity contribution in [3.05, 3.63) is 57.4 Å².